The quantitative estimate of drug-likeness (QED) is 0.677. The van der Waals surface area contributed by atoms with Crippen molar-refractivity contribution in [2.24, 2.45) is 0 Å². The lowest BCUT2D eigenvalue weighted by molar-refractivity contribution is -0.0880. The summed E-state index contributed by atoms with van der Waals surface area (Å²) in [6.07, 6.45) is 1.94. The molecule has 1 unspecified atom stereocenters. The summed E-state index contributed by atoms with van der Waals surface area (Å²) in [5, 5.41) is 4.01. The summed E-state index contributed by atoms with van der Waals surface area (Å²) in [6, 6.07) is -0.0986. The van der Waals surface area contributed by atoms with Gasteiger partial charge in [-0.3, -0.25) is 4.84 Å². The van der Waals surface area contributed by atoms with E-state index >= 15 is 0 Å². The third-order valence-electron chi connectivity index (χ3n) is 1.61. The van der Waals surface area contributed by atoms with E-state index in [1.54, 1.807) is 0 Å². The molecule has 4 heteroatoms. The first-order chi connectivity index (χ1) is 5.65. The van der Waals surface area contributed by atoms with E-state index in [0.29, 0.717) is 6.61 Å². The van der Waals surface area contributed by atoms with Crippen LogP contribution in [-0.2, 0) is 4.84 Å². The number of carbonyl (C=O) groups is 1. The Morgan fingerprint density at radius 1 is 1.75 bits per heavy atom. The Morgan fingerprint density at radius 3 is 2.92 bits per heavy atom. The van der Waals surface area contributed by atoms with E-state index in [9.17, 15) is 4.79 Å². The summed E-state index contributed by atoms with van der Waals surface area (Å²) < 4.78 is 0. The maximum absolute atomic E-state index is 11.3. The number of hydroxylamine groups is 2. The molecule has 0 radical (unpaired) electrons. The molecule has 0 aliphatic carbocycles. The molecule has 1 aliphatic heterocycles. The lowest BCUT2D eigenvalue weighted by atomic mass is 10.2. The molecule has 1 aliphatic rings. The van der Waals surface area contributed by atoms with E-state index in [-0.39, 0.29) is 12.1 Å². The molecule has 1 heterocycles. The van der Waals surface area contributed by atoms with Crippen LogP contribution in [0.5, 0.6) is 0 Å². The van der Waals surface area contributed by atoms with Crippen LogP contribution in [0, 0.1) is 0 Å². The van der Waals surface area contributed by atoms with Crippen molar-refractivity contribution >= 4 is 6.03 Å². The van der Waals surface area contributed by atoms with E-state index in [1.165, 1.54) is 5.06 Å². The van der Waals surface area contributed by atoms with Crippen molar-refractivity contribution in [3.63, 3.8) is 0 Å². The molecule has 0 spiro atoms. The first-order valence-corrected chi connectivity index (χ1v) is 4.07. The maximum atomic E-state index is 11.3. The van der Waals surface area contributed by atoms with Crippen LogP contribution in [0.4, 0.5) is 4.79 Å². The van der Waals surface area contributed by atoms with Crippen LogP contribution in [0.25, 0.3) is 0 Å². The molecule has 12 heavy (non-hydrogen) atoms. The zero-order valence-corrected chi connectivity index (χ0v) is 7.63. The zero-order valence-electron chi connectivity index (χ0n) is 7.63. The highest BCUT2D eigenvalue weighted by Crippen LogP contribution is 2.11. The van der Waals surface area contributed by atoms with Crippen LogP contribution in [0.1, 0.15) is 20.8 Å². The van der Waals surface area contributed by atoms with E-state index in [0.717, 1.165) is 5.70 Å². The van der Waals surface area contributed by atoms with Gasteiger partial charge in [0.1, 0.15) is 0 Å². The summed E-state index contributed by atoms with van der Waals surface area (Å²) in [4.78, 5) is 16.4. The number of allylic oxidation sites excluding steroid dienone is 1. The fraction of sp³-hybridized carbons (Fsp3) is 0.625. The first-order valence-electron chi connectivity index (χ1n) is 4.07. The van der Waals surface area contributed by atoms with Gasteiger partial charge in [-0.1, -0.05) is 0 Å². The number of hydrogen-bond acceptors (Lipinski definition) is 2. The minimum atomic E-state index is -0.190. The Bertz CT molecular complexity index is 213. The molecular formula is C8H14N2O2. The fourth-order valence-corrected chi connectivity index (χ4v) is 1.17. The second-order valence-corrected chi connectivity index (χ2v) is 2.76. The van der Waals surface area contributed by atoms with Crippen molar-refractivity contribution in [2.75, 3.05) is 6.61 Å². The lowest BCUT2D eigenvalue weighted by Gasteiger charge is -2.28. The molecule has 0 aromatic heterocycles. The SMILES string of the molecule is CCON1C(=O)NC(C)C=C1C. The normalized spacial score (nSPS) is 23.6. The number of amides is 2. The molecule has 0 aromatic carbocycles. The molecule has 0 bridgehead atoms. The molecule has 0 fully saturated rings. The number of urea groups is 1. The number of hydrogen-bond donors (Lipinski definition) is 1. The average Bonchev–Trinajstić information content (AvgIpc) is 1.96. The number of nitrogens with one attached hydrogen (secondary N) is 1. The van der Waals surface area contributed by atoms with Gasteiger partial charge in [-0.15, -0.1) is 0 Å². The van der Waals surface area contributed by atoms with Crippen LogP contribution < -0.4 is 5.32 Å². The standard InChI is InChI=1S/C8H14N2O2/c1-4-12-10-7(3)5-6(2)9-8(10)11/h5-6H,4H2,1-3H3,(H,9,11). The molecule has 4 nitrogen and oxygen atoms in total. The van der Waals surface area contributed by atoms with Gasteiger partial charge in [0.05, 0.1) is 6.61 Å². The Balaban J connectivity index is 2.72. The second kappa shape index (κ2) is 3.58. The minimum absolute atomic E-state index is 0.0919. The number of carbonyl (C=O) groups excluding carboxylic acids is 1. The largest absolute Gasteiger partial charge is 0.346 e. The topological polar surface area (TPSA) is 41.6 Å². The van der Waals surface area contributed by atoms with Gasteiger partial charge < -0.3 is 5.32 Å². The number of nitrogens with zero attached hydrogens (tertiary/aromatic N) is 1. The molecule has 0 aromatic rings. The van der Waals surface area contributed by atoms with Crippen molar-refractivity contribution in [3.8, 4) is 0 Å². The van der Waals surface area contributed by atoms with Crippen molar-refractivity contribution in [2.45, 2.75) is 26.8 Å². The summed E-state index contributed by atoms with van der Waals surface area (Å²) in [7, 11) is 0. The molecule has 1 rings (SSSR count). The Morgan fingerprint density at radius 2 is 2.42 bits per heavy atom. The summed E-state index contributed by atoms with van der Waals surface area (Å²) in [6.45, 7) is 6.11. The minimum Gasteiger partial charge on any atom is -0.330 e. The van der Waals surface area contributed by atoms with Crippen molar-refractivity contribution in [1.82, 2.24) is 10.4 Å². The van der Waals surface area contributed by atoms with Crippen LogP contribution >= 0.6 is 0 Å². The highest BCUT2D eigenvalue weighted by atomic mass is 16.7. The third kappa shape index (κ3) is 1.76. The van der Waals surface area contributed by atoms with Gasteiger partial charge in [0.25, 0.3) is 0 Å². The molecule has 68 valence electrons. The predicted molar refractivity (Wildman–Crippen MR) is 45.2 cm³/mol. The molecule has 0 saturated carbocycles. The van der Waals surface area contributed by atoms with Gasteiger partial charge in [0.15, 0.2) is 0 Å². The summed E-state index contributed by atoms with van der Waals surface area (Å²) >= 11 is 0. The molecule has 1 atom stereocenters. The highest BCUT2D eigenvalue weighted by Gasteiger charge is 2.22. The van der Waals surface area contributed by atoms with Crippen molar-refractivity contribution in [3.05, 3.63) is 11.8 Å². The fourth-order valence-electron chi connectivity index (χ4n) is 1.17. The van der Waals surface area contributed by atoms with Crippen LogP contribution in [0.2, 0.25) is 0 Å². The first kappa shape index (κ1) is 9.06. The maximum Gasteiger partial charge on any atom is 0.346 e. The van der Waals surface area contributed by atoms with E-state index in [2.05, 4.69) is 5.32 Å². The van der Waals surface area contributed by atoms with Crippen LogP contribution in [0.3, 0.4) is 0 Å². The molecular weight excluding hydrogens is 156 g/mol. The molecule has 1 N–H and O–H groups in total. The second-order valence-electron chi connectivity index (χ2n) is 2.76. The van der Waals surface area contributed by atoms with Crippen LogP contribution in [-0.4, -0.2) is 23.7 Å². The van der Waals surface area contributed by atoms with Gasteiger partial charge in [0, 0.05) is 11.7 Å². The van der Waals surface area contributed by atoms with E-state index in [1.807, 2.05) is 26.8 Å². The lowest BCUT2D eigenvalue weighted by Crippen LogP contribution is -2.46. The van der Waals surface area contributed by atoms with Gasteiger partial charge >= 0.3 is 6.03 Å². The molecule has 2 amide bonds. The van der Waals surface area contributed by atoms with Gasteiger partial charge in [-0.05, 0) is 26.8 Å². The van der Waals surface area contributed by atoms with Crippen LogP contribution in [0.15, 0.2) is 11.8 Å². The van der Waals surface area contributed by atoms with E-state index < -0.39 is 0 Å². The smallest absolute Gasteiger partial charge is 0.330 e. The zero-order chi connectivity index (χ0) is 9.14. The highest BCUT2D eigenvalue weighted by molar-refractivity contribution is 5.76. The predicted octanol–water partition coefficient (Wildman–Crippen LogP) is 1.26. The summed E-state index contributed by atoms with van der Waals surface area (Å²) in [5.74, 6) is 0. The number of rotatable bonds is 2. The monoisotopic (exact) mass is 170 g/mol. The van der Waals surface area contributed by atoms with Gasteiger partial charge in [0.2, 0.25) is 0 Å². The summed E-state index contributed by atoms with van der Waals surface area (Å²) in [5.41, 5.74) is 0.841. The Labute approximate surface area is 72.1 Å². The van der Waals surface area contributed by atoms with E-state index in [4.69, 9.17) is 4.84 Å². The van der Waals surface area contributed by atoms with Crippen molar-refractivity contribution in [1.29, 1.82) is 0 Å². The third-order valence-corrected chi connectivity index (χ3v) is 1.61. The molecule has 0 saturated heterocycles. The Hall–Kier alpha value is -1.03. The van der Waals surface area contributed by atoms with Gasteiger partial charge in [-0.25, -0.2) is 4.79 Å². The Kier molecular flexibility index (Phi) is 2.70. The van der Waals surface area contributed by atoms with Crippen molar-refractivity contribution < 1.29 is 9.63 Å². The average molecular weight is 170 g/mol. The van der Waals surface area contributed by atoms with Gasteiger partial charge in [-0.2, -0.15) is 5.06 Å².